The highest BCUT2D eigenvalue weighted by molar-refractivity contribution is 5.79. The number of amides is 1. The van der Waals surface area contributed by atoms with Crippen molar-refractivity contribution in [1.29, 1.82) is 0 Å². The van der Waals surface area contributed by atoms with E-state index >= 15 is 0 Å². The lowest BCUT2D eigenvalue weighted by molar-refractivity contribution is -0.193. The minimum Gasteiger partial charge on any atom is -0.475 e. The van der Waals surface area contributed by atoms with Gasteiger partial charge in [-0.15, -0.1) is 0 Å². The van der Waals surface area contributed by atoms with Gasteiger partial charge in [-0.2, -0.15) is 26.3 Å². The number of nitrogens with zero attached hydrogens (tertiary/aromatic N) is 4. The molecule has 0 bridgehead atoms. The number of carboxylic acid groups (broad SMARTS) is 2. The highest BCUT2D eigenvalue weighted by Crippen LogP contribution is 2.45. The van der Waals surface area contributed by atoms with Crippen molar-refractivity contribution in [3.8, 4) is 0 Å². The van der Waals surface area contributed by atoms with E-state index in [1.165, 1.54) is 16.8 Å². The second-order valence-electron chi connectivity index (χ2n) is 10.2. The van der Waals surface area contributed by atoms with Gasteiger partial charge in [0.05, 0.1) is 23.2 Å². The van der Waals surface area contributed by atoms with Crippen LogP contribution in [0.25, 0.3) is 0 Å². The maximum Gasteiger partial charge on any atom is 0.490 e. The van der Waals surface area contributed by atoms with E-state index in [-0.39, 0.29) is 11.3 Å². The Kier molecular flexibility index (Phi) is 10.6. The van der Waals surface area contributed by atoms with Crippen molar-refractivity contribution in [3.05, 3.63) is 89.5 Å². The van der Waals surface area contributed by atoms with Gasteiger partial charge in [-0.25, -0.2) is 9.59 Å². The fourth-order valence-electron chi connectivity index (χ4n) is 4.84. The Hall–Kier alpha value is -4.69. The number of pyridine rings is 2. The monoisotopic (exact) mass is 626 g/mol. The van der Waals surface area contributed by atoms with Crippen LogP contribution in [0.1, 0.15) is 28.8 Å². The molecule has 4 heterocycles. The summed E-state index contributed by atoms with van der Waals surface area (Å²) in [5.74, 6) is -5.31. The number of carbonyl (C=O) groups is 3. The Labute approximate surface area is 247 Å². The smallest absolute Gasteiger partial charge is 0.475 e. The molecule has 1 atom stereocenters. The molecule has 0 radical (unpaired) electrons. The zero-order valence-corrected chi connectivity index (χ0v) is 23.3. The van der Waals surface area contributed by atoms with Crippen LogP contribution in [-0.4, -0.2) is 74.9 Å². The molecule has 1 unspecified atom stereocenters. The lowest BCUT2D eigenvalue weighted by Gasteiger charge is -2.26. The second kappa shape index (κ2) is 13.7. The number of alkyl halides is 6. The average Bonchev–Trinajstić information content (AvgIpc) is 3.52. The predicted molar refractivity (Wildman–Crippen MR) is 145 cm³/mol. The van der Waals surface area contributed by atoms with Crippen molar-refractivity contribution >= 4 is 23.5 Å². The van der Waals surface area contributed by atoms with Crippen LogP contribution in [0.5, 0.6) is 0 Å². The van der Waals surface area contributed by atoms with Gasteiger partial charge < -0.3 is 20.0 Å². The number of carbonyl (C=O) groups excluding carboxylic acids is 1. The molecule has 3 aromatic rings. The third-order valence-electron chi connectivity index (χ3n) is 6.89. The minimum atomic E-state index is -5.08. The fraction of sp³-hybridized carbons (Fsp3) is 0.345. The van der Waals surface area contributed by atoms with Gasteiger partial charge >= 0.3 is 24.3 Å². The second-order valence-corrected chi connectivity index (χ2v) is 10.2. The molecular weight excluding hydrogens is 598 g/mol. The Morgan fingerprint density at radius 1 is 0.864 bits per heavy atom. The number of likely N-dealkylation sites (tertiary alicyclic amines) is 1. The maximum absolute atomic E-state index is 13.0. The fourth-order valence-corrected chi connectivity index (χ4v) is 4.84. The number of aryl methyl sites for hydroxylation is 1. The van der Waals surface area contributed by atoms with E-state index in [1.807, 2.05) is 29.4 Å². The molecular formula is C29H28F6N4O5. The summed E-state index contributed by atoms with van der Waals surface area (Å²) < 4.78 is 63.5. The summed E-state index contributed by atoms with van der Waals surface area (Å²) in [6.45, 7) is 5.30. The van der Waals surface area contributed by atoms with Crippen LogP contribution in [0.2, 0.25) is 0 Å². The molecule has 1 amide bonds. The van der Waals surface area contributed by atoms with Crippen LogP contribution in [0.15, 0.2) is 67.1 Å². The molecule has 2 aromatic heterocycles. The third-order valence-corrected chi connectivity index (χ3v) is 6.89. The largest absolute Gasteiger partial charge is 0.490 e. The molecule has 1 fully saturated rings. The average molecular weight is 627 g/mol. The van der Waals surface area contributed by atoms with Crippen molar-refractivity contribution in [2.75, 3.05) is 24.5 Å². The van der Waals surface area contributed by atoms with Gasteiger partial charge in [0.25, 0.3) is 0 Å². The molecule has 0 saturated carbocycles. The van der Waals surface area contributed by atoms with Gasteiger partial charge in [0.1, 0.15) is 0 Å². The number of benzene rings is 1. The van der Waals surface area contributed by atoms with Crippen molar-refractivity contribution in [1.82, 2.24) is 14.9 Å². The van der Waals surface area contributed by atoms with Crippen LogP contribution in [-0.2, 0) is 32.8 Å². The molecule has 1 saturated heterocycles. The SMILES string of the molecule is Cc1ccc(CC(=O)N2CCC3(C2)CN(Cc2cccnc2)c2cccnc23)cc1.O=C(O)C(F)(F)F.O=C(O)C(F)(F)F. The molecule has 44 heavy (non-hydrogen) atoms. The van der Waals surface area contributed by atoms with E-state index in [1.54, 1.807) is 6.20 Å². The maximum atomic E-state index is 13.0. The lowest BCUT2D eigenvalue weighted by atomic mass is 9.85. The van der Waals surface area contributed by atoms with Crippen molar-refractivity contribution < 1.29 is 50.9 Å². The third kappa shape index (κ3) is 8.91. The molecule has 1 spiro atoms. The van der Waals surface area contributed by atoms with E-state index in [4.69, 9.17) is 24.8 Å². The van der Waals surface area contributed by atoms with Crippen molar-refractivity contribution in [2.45, 2.75) is 44.1 Å². The Bertz CT molecular complexity index is 1430. The zero-order chi connectivity index (χ0) is 32.7. The number of anilines is 1. The van der Waals surface area contributed by atoms with Crippen LogP contribution in [0.3, 0.4) is 0 Å². The summed E-state index contributed by atoms with van der Waals surface area (Å²) >= 11 is 0. The van der Waals surface area contributed by atoms with E-state index in [0.29, 0.717) is 6.42 Å². The Balaban J connectivity index is 0.000000317. The number of carboxylic acids is 2. The van der Waals surface area contributed by atoms with Crippen molar-refractivity contribution in [2.24, 2.45) is 0 Å². The molecule has 2 aliphatic heterocycles. The lowest BCUT2D eigenvalue weighted by Crippen LogP contribution is -2.38. The molecule has 236 valence electrons. The summed E-state index contributed by atoms with van der Waals surface area (Å²) in [7, 11) is 0. The van der Waals surface area contributed by atoms with Gasteiger partial charge in [-0.05, 0) is 42.7 Å². The summed E-state index contributed by atoms with van der Waals surface area (Å²) in [5, 5.41) is 14.2. The van der Waals surface area contributed by atoms with Crippen LogP contribution in [0, 0.1) is 6.92 Å². The number of hydrogen-bond donors (Lipinski definition) is 2. The van der Waals surface area contributed by atoms with E-state index < -0.39 is 24.3 Å². The zero-order valence-electron chi connectivity index (χ0n) is 23.3. The first-order valence-corrected chi connectivity index (χ1v) is 13.0. The predicted octanol–water partition coefficient (Wildman–Crippen LogP) is 4.78. The standard InChI is InChI=1S/C25H26N4O.2C2HF3O2/c1-19-6-8-20(9-7-19)14-23(30)28-13-10-25(17-28)18-29(16-21-4-2-11-26-15-21)22-5-3-12-27-24(22)25;2*3-2(4,5)1(6)7/h2-9,11-12,15H,10,13-14,16-18H2,1H3;2*(H,6,7). The summed E-state index contributed by atoms with van der Waals surface area (Å²) in [4.78, 5) is 44.3. The molecule has 0 aliphatic carbocycles. The molecule has 5 rings (SSSR count). The number of aromatic nitrogens is 2. The highest BCUT2D eigenvalue weighted by Gasteiger charge is 2.49. The van der Waals surface area contributed by atoms with Crippen LogP contribution in [0.4, 0.5) is 32.0 Å². The number of rotatable bonds is 4. The Morgan fingerprint density at radius 3 is 2.00 bits per heavy atom. The molecule has 2 N–H and O–H groups in total. The first-order valence-electron chi connectivity index (χ1n) is 13.0. The molecule has 9 nitrogen and oxygen atoms in total. The minimum absolute atomic E-state index is 0.0816. The van der Waals surface area contributed by atoms with E-state index in [2.05, 4.69) is 53.2 Å². The number of hydrogen-bond acceptors (Lipinski definition) is 6. The number of halogens is 6. The van der Waals surface area contributed by atoms with Crippen molar-refractivity contribution in [3.63, 3.8) is 0 Å². The van der Waals surface area contributed by atoms with Gasteiger partial charge in [0.15, 0.2) is 0 Å². The van der Waals surface area contributed by atoms with E-state index in [0.717, 1.165) is 43.9 Å². The summed E-state index contributed by atoms with van der Waals surface area (Å²) in [6, 6.07) is 16.5. The normalized spacial score (nSPS) is 17.2. The number of aliphatic carboxylic acids is 2. The number of fused-ring (bicyclic) bond motifs is 2. The van der Waals surface area contributed by atoms with Crippen LogP contribution < -0.4 is 4.90 Å². The molecule has 2 aliphatic rings. The van der Waals surface area contributed by atoms with Gasteiger partial charge in [0.2, 0.25) is 5.91 Å². The first kappa shape index (κ1) is 33.8. The molecule has 15 heteroatoms. The summed E-state index contributed by atoms with van der Waals surface area (Å²) in [6.07, 6.45) is -3.14. The molecule has 1 aromatic carbocycles. The van der Waals surface area contributed by atoms with Gasteiger partial charge in [0, 0.05) is 44.8 Å². The van der Waals surface area contributed by atoms with E-state index in [9.17, 15) is 31.1 Å². The van der Waals surface area contributed by atoms with Gasteiger partial charge in [-0.3, -0.25) is 14.8 Å². The van der Waals surface area contributed by atoms with Gasteiger partial charge in [-0.1, -0.05) is 35.9 Å². The van der Waals surface area contributed by atoms with Crippen LogP contribution >= 0.6 is 0 Å². The Morgan fingerprint density at radius 2 is 1.45 bits per heavy atom. The quantitative estimate of drug-likeness (QED) is 0.397. The summed E-state index contributed by atoms with van der Waals surface area (Å²) in [5.41, 5.74) is 5.73. The first-order chi connectivity index (χ1) is 20.5. The topological polar surface area (TPSA) is 124 Å². The highest BCUT2D eigenvalue weighted by atomic mass is 19.4.